The molecule has 3 rings (SSSR count). The fourth-order valence-corrected chi connectivity index (χ4v) is 3.29. The molecule has 5 nitrogen and oxygen atoms in total. The molecule has 0 saturated carbocycles. The second-order valence-electron chi connectivity index (χ2n) is 5.61. The molecule has 0 unspecified atom stereocenters. The van der Waals surface area contributed by atoms with Crippen LogP contribution in [-0.2, 0) is 13.0 Å². The molecule has 2 aromatic rings. The monoisotopic (exact) mass is 350 g/mol. The largest absolute Gasteiger partial charge is 0.336 e. The van der Waals surface area contributed by atoms with E-state index in [9.17, 15) is 4.79 Å². The molecule has 23 heavy (non-hydrogen) atoms. The summed E-state index contributed by atoms with van der Waals surface area (Å²) in [6.45, 7) is 5.91. The summed E-state index contributed by atoms with van der Waals surface area (Å²) >= 11 is 7.26. The Morgan fingerprint density at radius 1 is 1.22 bits per heavy atom. The Hall–Kier alpha value is -1.50. The van der Waals surface area contributed by atoms with Gasteiger partial charge in [-0.15, -0.1) is 5.10 Å². The molecule has 1 saturated heterocycles. The number of amides is 1. The summed E-state index contributed by atoms with van der Waals surface area (Å²) < 4.78 is 4.50. The summed E-state index contributed by atoms with van der Waals surface area (Å²) in [5, 5.41) is 4.04. The second-order valence-corrected chi connectivity index (χ2v) is 6.97. The summed E-state index contributed by atoms with van der Waals surface area (Å²) in [5.74, 6) is 0.112. The van der Waals surface area contributed by atoms with E-state index >= 15 is 0 Å². The Kier molecular flexibility index (Phi) is 5.25. The zero-order valence-corrected chi connectivity index (χ0v) is 14.6. The van der Waals surface area contributed by atoms with Gasteiger partial charge < -0.3 is 4.90 Å². The molecule has 1 aliphatic rings. The third kappa shape index (κ3) is 3.88. The van der Waals surface area contributed by atoms with E-state index in [4.69, 9.17) is 11.6 Å². The van der Waals surface area contributed by atoms with Crippen LogP contribution < -0.4 is 0 Å². The van der Waals surface area contributed by atoms with E-state index in [0.29, 0.717) is 10.9 Å². The first-order chi connectivity index (χ1) is 11.2. The van der Waals surface area contributed by atoms with Gasteiger partial charge >= 0.3 is 0 Å². The number of carbonyl (C=O) groups is 1. The highest BCUT2D eigenvalue weighted by atomic mass is 35.5. The number of hydrogen-bond acceptors (Lipinski definition) is 5. The minimum atomic E-state index is 0.112. The average Bonchev–Trinajstić information content (AvgIpc) is 3.00. The van der Waals surface area contributed by atoms with Gasteiger partial charge in [0.05, 0.1) is 0 Å². The highest BCUT2D eigenvalue weighted by Crippen LogP contribution is 2.19. The van der Waals surface area contributed by atoms with Crippen LogP contribution in [0.15, 0.2) is 24.3 Å². The number of hydrogen-bond donors (Lipinski definition) is 0. The molecular formula is C16H19ClN4OS. The smallest absolute Gasteiger partial charge is 0.253 e. The molecule has 1 fully saturated rings. The minimum Gasteiger partial charge on any atom is -0.336 e. The van der Waals surface area contributed by atoms with Crippen LogP contribution in [0.2, 0.25) is 4.34 Å². The summed E-state index contributed by atoms with van der Waals surface area (Å²) in [6.07, 6.45) is 0.987. The number of rotatable bonds is 4. The number of benzene rings is 1. The van der Waals surface area contributed by atoms with E-state index in [1.54, 1.807) is 0 Å². The lowest BCUT2D eigenvalue weighted by Gasteiger charge is -2.34. The highest BCUT2D eigenvalue weighted by molar-refractivity contribution is 7.10. The first-order valence-electron chi connectivity index (χ1n) is 7.74. The van der Waals surface area contributed by atoms with Gasteiger partial charge in [0.2, 0.25) is 0 Å². The van der Waals surface area contributed by atoms with E-state index < -0.39 is 0 Å². The number of halogens is 1. The molecule has 0 N–H and O–H groups in total. The summed E-state index contributed by atoms with van der Waals surface area (Å²) in [7, 11) is 0. The average molecular weight is 351 g/mol. The fourth-order valence-electron chi connectivity index (χ4n) is 2.68. The van der Waals surface area contributed by atoms with E-state index in [2.05, 4.69) is 21.4 Å². The Morgan fingerprint density at radius 2 is 1.91 bits per heavy atom. The van der Waals surface area contributed by atoms with Crippen molar-refractivity contribution in [3.63, 3.8) is 0 Å². The van der Waals surface area contributed by atoms with Gasteiger partial charge in [0.15, 0.2) is 0 Å². The molecule has 1 aromatic heterocycles. The van der Waals surface area contributed by atoms with Crippen molar-refractivity contribution in [2.75, 3.05) is 26.2 Å². The predicted octanol–water partition coefficient (Wildman–Crippen LogP) is 2.71. The first-order valence-corrected chi connectivity index (χ1v) is 8.90. The molecule has 0 aliphatic carbocycles. The van der Waals surface area contributed by atoms with Crippen LogP contribution >= 0.6 is 23.1 Å². The van der Waals surface area contributed by atoms with Gasteiger partial charge in [0, 0.05) is 49.8 Å². The van der Waals surface area contributed by atoms with Crippen molar-refractivity contribution in [2.24, 2.45) is 0 Å². The van der Waals surface area contributed by atoms with Crippen LogP contribution in [0.5, 0.6) is 0 Å². The van der Waals surface area contributed by atoms with E-state index in [1.807, 2.05) is 29.2 Å². The van der Waals surface area contributed by atoms with Crippen molar-refractivity contribution in [3.05, 3.63) is 45.4 Å². The van der Waals surface area contributed by atoms with Crippen LogP contribution in [0, 0.1) is 0 Å². The number of aromatic nitrogens is 2. The Bertz CT molecular complexity index is 665. The zero-order chi connectivity index (χ0) is 16.2. The maximum atomic E-state index is 12.5. The molecule has 2 heterocycles. The Labute approximate surface area is 145 Å². The van der Waals surface area contributed by atoms with Crippen molar-refractivity contribution >= 4 is 29.0 Å². The molecule has 0 atom stereocenters. The van der Waals surface area contributed by atoms with Gasteiger partial charge in [-0.2, -0.15) is 0 Å². The van der Waals surface area contributed by atoms with Crippen molar-refractivity contribution in [3.8, 4) is 0 Å². The van der Waals surface area contributed by atoms with Gasteiger partial charge in [-0.3, -0.25) is 9.69 Å². The van der Waals surface area contributed by atoms with Crippen LogP contribution in [-0.4, -0.2) is 51.5 Å². The van der Waals surface area contributed by atoms with Crippen LogP contribution in [0.3, 0.4) is 0 Å². The summed E-state index contributed by atoms with van der Waals surface area (Å²) in [5.41, 5.74) is 2.84. The third-order valence-electron chi connectivity index (χ3n) is 4.15. The number of piperazine rings is 1. The van der Waals surface area contributed by atoms with Crippen molar-refractivity contribution in [1.82, 2.24) is 19.4 Å². The third-order valence-corrected chi connectivity index (χ3v) is 5.14. The SMILES string of the molecule is CCc1ccc(C(=O)N2CCN(Cc3nnsc3Cl)CC2)cc1. The lowest BCUT2D eigenvalue weighted by atomic mass is 10.1. The zero-order valence-electron chi connectivity index (χ0n) is 13.0. The van der Waals surface area contributed by atoms with Gasteiger partial charge in [-0.25, -0.2) is 0 Å². The van der Waals surface area contributed by atoms with Gasteiger partial charge in [-0.1, -0.05) is 35.1 Å². The van der Waals surface area contributed by atoms with Gasteiger partial charge in [0.25, 0.3) is 5.91 Å². The topological polar surface area (TPSA) is 49.3 Å². The molecule has 1 aromatic carbocycles. The Balaban J connectivity index is 1.55. The normalized spacial score (nSPS) is 15.8. The van der Waals surface area contributed by atoms with Gasteiger partial charge in [0.1, 0.15) is 10.0 Å². The fraction of sp³-hybridized carbons (Fsp3) is 0.438. The summed E-state index contributed by atoms with van der Waals surface area (Å²) in [4.78, 5) is 16.7. The molecular weight excluding hydrogens is 332 g/mol. The molecule has 1 aliphatic heterocycles. The molecule has 122 valence electrons. The van der Waals surface area contributed by atoms with E-state index in [-0.39, 0.29) is 5.91 Å². The van der Waals surface area contributed by atoms with Crippen LogP contribution in [0.1, 0.15) is 28.5 Å². The minimum absolute atomic E-state index is 0.112. The Morgan fingerprint density at radius 3 is 2.48 bits per heavy atom. The first kappa shape index (κ1) is 16.4. The molecule has 0 spiro atoms. The predicted molar refractivity (Wildman–Crippen MR) is 91.9 cm³/mol. The molecule has 0 bridgehead atoms. The molecule has 0 radical (unpaired) electrons. The van der Waals surface area contributed by atoms with Crippen molar-refractivity contribution < 1.29 is 4.79 Å². The second kappa shape index (κ2) is 7.38. The summed E-state index contributed by atoms with van der Waals surface area (Å²) in [6, 6.07) is 7.91. The number of nitrogens with zero attached hydrogens (tertiary/aromatic N) is 4. The van der Waals surface area contributed by atoms with E-state index in [0.717, 1.165) is 43.9 Å². The van der Waals surface area contributed by atoms with E-state index in [1.165, 1.54) is 17.1 Å². The lowest BCUT2D eigenvalue weighted by molar-refractivity contribution is 0.0627. The number of aryl methyl sites for hydroxylation is 1. The van der Waals surface area contributed by atoms with Crippen molar-refractivity contribution in [1.29, 1.82) is 0 Å². The lowest BCUT2D eigenvalue weighted by Crippen LogP contribution is -2.48. The quantitative estimate of drug-likeness (QED) is 0.850. The molecule has 1 amide bonds. The number of carbonyl (C=O) groups excluding carboxylic acids is 1. The van der Waals surface area contributed by atoms with Crippen molar-refractivity contribution in [2.45, 2.75) is 19.9 Å². The standard InChI is InChI=1S/C16H19ClN4OS/c1-2-12-3-5-13(6-4-12)16(22)21-9-7-20(8-10-21)11-14-15(17)23-19-18-14/h3-6H,2,7-11H2,1H3. The maximum Gasteiger partial charge on any atom is 0.253 e. The molecule has 7 heteroatoms. The highest BCUT2D eigenvalue weighted by Gasteiger charge is 2.23. The maximum absolute atomic E-state index is 12.5. The van der Waals surface area contributed by atoms with Crippen LogP contribution in [0.25, 0.3) is 0 Å². The van der Waals surface area contributed by atoms with Gasteiger partial charge in [-0.05, 0) is 24.1 Å². The van der Waals surface area contributed by atoms with Crippen LogP contribution in [0.4, 0.5) is 0 Å².